The molecule has 0 aliphatic carbocycles. The number of fused-ring (bicyclic) bond motifs is 1. The monoisotopic (exact) mass is 270 g/mol. The van der Waals surface area contributed by atoms with Crippen molar-refractivity contribution in [2.24, 2.45) is 0 Å². The Labute approximate surface area is 114 Å². The lowest BCUT2D eigenvalue weighted by Gasteiger charge is -2.04. The maximum atomic E-state index is 13.2. The number of hydrogen-bond donors (Lipinski definition) is 2. The number of furan rings is 1. The van der Waals surface area contributed by atoms with E-state index in [1.807, 2.05) is 18.2 Å². The van der Waals surface area contributed by atoms with Crippen LogP contribution in [0.25, 0.3) is 11.0 Å². The van der Waals surface area contributed by atoms with Gasteiger partial charge in [-0.15, -0.1) is 0 Å². The Morgan fingerprint density at radius 2 is 1.95 bits per heavy atom. The summed E-state index contributed by atoms with van der Waals surface area (Å²) in [5, 5.41) is 3.38. The van der Waals surface area contributed by atoms with Crippen LogP contribution < -0.4 is 11.1 Å². The molecule has 5 heteroatoms. The largest absolute Gasteiger partial charge is 0.451 e. The van der Waals surface area contributed by atoms with Crippen molar-refractivity contribution in [1.82, 2.24) is 0 Å². The Hall–Kier alpha value is -2.82. The van der Waals surface area contributed by atoms with Crippen molar-refractivity contribution in [2.45, 2.75) is 0 Å². The van der Waals surface area contributed by atoms with Gasteiger partial charge in [-0.25, -0.2) is 4.39 Å². The molecular formula is C15H11FN2O2. The zero-order chi connectivity index (χ0) is 14.1. The molecule has 1 heterocycles. The first-order valence-electron chi connectivity index (χ1n) is 5.98. The number of rotatable bonds is 2. The summed E-state index contributed by atoms with van der Waals surface area (Å²) in [4.78, 5) is 12.0. The van der Waals surface area contributed by atoms with Gasteiger partial charge in [0.05, 0.1) is 0 Å². The number of nitrogens with two attached hydrogens (primary N) is 1. The molecule has 2 aromatic carbocycles. The lowest BCUT2D eigenvalue weighted by atomic mass is 10.2. The number of para-hydroxylation sites is 1. The van der Waals surface area contributed by atoms with Gasteiger partial charge in [0, 0.05) is 16.8 Å². The van der Waals surface area contributed by atoms with Crippen LogP contribution in [0.3, 0.4) is 0 Å². The number of carbonyl (C=O) groups excluding carboxylic acids is 1. The van der Waals surface area contributed by atoms with E-state index in [4.69, 9.17) is 10.2 Å². The number of halogens is 1. The molecule has 3 rings (SSSR count). The zero-order valence-corrected chi connectivity index (χ0v) is 10.4. The molecule has 0 radical (unpaired) electrons. The average molecular weight is 270 g/mol. The first kappa shape index (κ1) is 12.2. The van der Waals surface area contributed by atoms with Crippen LogP contribution in [0.2, 0.25) is 0 Å². The van der Waals surface area contributed by atoms with Crippen LogP contribution in [0, 0.1) is 5.82 Å². The molecule has 0 saturated carbocycles. The van der Waals surface area contributed by atoms with E-state index in [2.05, 4.69) is 5.32 Å². The lowest BCUT2D eigenvalue weighted by Crippen LogP contribution is -2.11. The molecule has 0 bridgehead atoms. The maximum absolute atomic E-state index is 13.2. The van der Waals surface area contributed by atoms with Gasteiger partial charge >= 0.3 is 0 Å². The molecule has 3 aromatic rings. The van der Waals surface area contributed by atoms with Gasteiger partial charge in [0.1, 0.15) is 11.4 Å². The summed E-state index contributed by atoms with van der Waals surface area (Å²) < 4.78 is 18.6. The normalized spacial score (nSPS) is 10.7. The predicted octanol–water partition coefficient (Wildman–Crippen LogP) is 3.41. The van der Waals surface area contributed by atoms with Gasteiger partial charge in [-0.2, -0.15) is 0 Å². The molecule has 100 valence electrons. The molecular weight excluding hydrogens is 259 g/mol. The molecule has 0 atom stereocenters. The van der Waals surface area contributed by atoms with Crippen molar-refractivity contribution in [3.8, 4) is 0 Å². The molecule has 0 aliphatic rings. The van der Waals surface area contributed by atoms with Gasteiger partial charge in [0.15, 0.2) is 5.76 Å². The summed E-state index contributed by atoms with van der Waals surface area (Å²) in [5.41, 5.74) is 6.67. The molecule has 1 amide bonds. The smallest absolute Gasteiger partial charge is 0.291 e. The number of carbonyl (C=O) groups is 1. The van der Waals surface area contributed by atoms with E-state index in [1.54, 1.807) is 12.1 Å². The van der Waals surface area contributed by atoms with E-state index in [0.717, 1.165) is 5.39 Å². The number of nitrogens with one attached hydrogen (secondary N) is 1. The van der Waals surface area contributed by atoms with Crippen molar-refractivity contribution in [3.05, 3.63) is 60.1 Å². The fourth-order valence-electron chi connectivity index (χ4n) is 1.97. The van der Waals surface area contributed by atoms with E-state index >= 15 is 0 Å². The highest BCUT2D eigenvalue weighted by Crippen LogP contribution is 2.21. The van der Waals surface area contributed by atoms with Crippen molar-refractivity contribution >= 4 is 28.3 Å². The Kier molecular flexibility index (Phi) is 2.87. The summed E-state index contributed by atoms with van der Waals surface area (Å²) >= 11 is 0. The summed E-state index contributed by atoms with van der Waals surface area (Å²) in [5.74, 6) is -0.801. The minimum atomic E-state index is -0.509. The second kappa shape index (κ2) is 4.70. The molecule has 0 spiro atoms. The first-order valence-corrected chi connectivity index (χ1v) is 5.98. The molecule has 4 nitrogen and oxygen atoms in total. The van der Waals surface area contributed by atoms with E-state index in [0.29, 0.717) is 5.58 Å². The average Bonchev–Trinajstić information content (AvgIpc) is 2.81. The number of benzene rings is 2. The lowest BCUT2D eigenvalue weighted by molar-refractivity contribution is 0.0998. The minimum absolute atomic E-state index is 0.161. The Balaban J connectivity index is 1.88. The highest BCUT2D eigenvalue weighted by molar-refractivity contribution is 6.04. The van der Waals surface area contributed by atoms with Gasteiger partial charge in [-0.1, -0.05) is 18.2 Å². The summed E-state index contributed by atoms with van der Waals surface area (Å²) in [6, 6.07) is 12.8. The molecule has 0 aliphatic heterocycles. The van der Waals surface area contributed by atoms with Crippen LogP contribution >= 0.6 is 0 Å². The van der Waals surface area contributed by atoms with Gasteiger partial charge in [0.2, 0.25) is 0 Å². The van der Waals surface area contributed by atoms with Crippen LogP contribution in [0.4, 0.5) is 15.8 Å². The number of hydrogen-bond acceptors (Lipinski definition) is 3. The molecule has 0 saturated heterocycles. The Morgan fingerprint density at radius 1 is 1.15 bits per heavy atom. The van der Waals surface area contributed by atoms with Gasteiger partial charge < -0.3 is 15.5 Å². The van der Waals surface area contributed by atoms with Gasteiger partial charge in [0.25, 0.3) is 5.91 Å². The quantitative estimate of drug-likeness (QED) is 0.701. The van der Waals surface area contributed by atoms with Crippen molar-refractivity contribution in [1.29, 1.82) is 0 Å². The minimum Gasteiger partial charge on any atom is -0.451 e. The van der Waals surface area contributed by atoms with Crippen molar-refractivity contribution < 1.29 is 13.6 Å². The second-order valence-corrected chi connectivity index (χ2v) is 4.38. The topological polar surface area (TPSA) is 68.3 Å². The molecule has 0 unspecified atom stereocenters. The van der Waals surface area contributed by atoms with Crippen LogP contribution in [-0.4, -0.2) is 5.91 Å². The van der Waals surface area contributed by atoms with E-state index < -0.39 is 11.7 Å². The van der Waals surface area contributed by atoms with E-state index in [-0.39, 0.29) is 17.1 Å². The Morgan fingerprint density at radius 3 is 2.70 bits per heavy atom. The van der Waals surface area contributed by atoms with Crippen LogP contribution in [0.1, 0.15) is 10.6 Å². The van der Waals surface area contributed by atoms with Gasteiger partial charge in [-0.3, -0.25) is 4.79 Å². The van der Waals surface area contributed by atoms with Crippen molar-refractivity contribution in [3.63, 3.8) is 0 Å². The van der Waals surface area contributed by atoms with Gasteiger partial charge in [-0.05, 0) is 30.3 Å². The van der Waals surface area contributed by atoms with Crippen LogP contribution in [0.15, 0.2) is 52.9 Å². The maximum Gasteiger partial charge on any atom is 0.291 e. The second-order valence-electron chi connectivity index (χ2n) is 4.38. The first-order chi connectivity index (χ1) is 9.61. The fourth-order valence-corrected chi connectivity index (χ4v) is 1.97. The highest BCUT2D eigenvalue weighted by atomic mass is 19.1. The third-order valence-corrected chi connectivity index (χ3v) is 2.83. The number of nitrogen functional groups attached to an aromatic ring is 1. The Bertz CT molecular complexity index is 742. The highest BCUT2D eigenvalue weighted by Gasteiger charge is 2.12. The third kappa shape index (κ3) is 2.33. The molecule has 20 heavy (non-hydrogen) atoms. The fraction of sp³-hybridized carbons (Fsp3) is 0. The number of amides is 1. The van der Waals surface area contributed by atoms with Crippen LogP contribution in [-0.2, 0) is 0 Å². The molecule has 3 N–H and O–H groups in total. The van der Waals surface area contributed by atoms with Crippen molar-refractivity contribution in [2.75, 3.05) is 11.1 Å². The summed E-state index contributed by atoms with van der Waals surface area (Å²) in [7, 11) is 0. The van der Waals surface area contributed by atoms with E-state index in [9.17, 15) is 9.18 Å². The molecule has 0 fully saturated rings. The SMILES string of the molecule is Nc1cc(F)cc(NC(=O)c2cc3ccccc3o2)c1. The standard InChI is InChI=1S/C15H11FN2O2/c16-10-6-11(17)8-12(7-10)18-15(19)14-5-9-3-1-2-4-13(9)20-14/h1-8H,17H2,(H,18,19). The van der Waals surface area contributed by atoms with E-state index in [1.165, 1.54) is 18.2 Å². The van der Waals surface area contributed by atoms with Crippen LogP contribution in [0.5, 0.6) is 0 Å². The predicted molar refractivity (Wildman–Crippen MR) is 75.0 cm³/mol. The summed E-state index contributed by atoms with van der Waals surface area (Å²) in [6.45, 7) is 0. The summed E-state index contributed by atoms with van der Waals surface area (Å²) in [6.07, 6.45) is 0. The zero-order valence-electron chi connectivity index (χ0n) is 10.4. The third-order valence-electron chi connectivity index (χ3n) is 2.83. The molecule has 1 aromatic heterocycles. The number of anilines is 2.